The molecule has 2 atom stereocenters. The number of aliphatic hydroxyl groups excluding tert-OH is 1. The predicted octanol–water partition coefficient (Wildman–Crippen LogP) is 2.58. The first-order valence-electron chi connectivity index (χ1n) is 14.2. The molecule has 2 saturated heterocycles. The number of nitrogens with zero attached hydrogens (tertiary/aromatic N) is 6. The Morgan fingerprint density at radius 3 is 2.63 bits per heavy atom. The molecular formula is C29H39ClN8O3. The molecule has 0 radical (unpaired) electrons. The number of hydrogen-bond acceptors (Lipinski definition) is 9. The number of aromatic nitrogens is 2. The summed E-state index contributed by atoms with van der Waals surface area (Å²) in [7, 11) is 0. The van der Waals surface area contributed by atoms with Crippen molar-refractivity contribution in [1.82, 2.24) is 25.1 Å². The van der Waals surface area contributed by atoms with Crippen LogP contribution in [0.5, 0.6) is 0 Å². The summed E-state index contributed by atoms with van der Waals surface area (Å²) >= 11 is 6.46. The number of halogens is 1. The average molecular weight is 583 g/mol. The van der Waals surface area contributed by atoms with Gasteiger partial charge in [-0.15, -0.1) is 0 Å². The van der Waals surface area contributed by atoms with Gasteiger partial charge < -0.3 is 26.0 Å². The SMILES string of the molecule is CC[C@H]1CN(c2nc(N)c(C(=O)NCCO)nc2Cl)CCN1C1CCN(C(=O)c2ccc(C)cc2C(C)C#N)CC1. The molecule has 0 saturated carbocycles. The fourth-order valence-electron chi connectivity index (χ4n) is 5.82. The molecule has 2 aromatic rings. The van der Waals surface area contributed by atoms with Gasteiger partial charge in [-0.25, -0.2) is 9.97 Å². The molecule has 2 aliphatic heterocycles. The summed E-state index contributed by atoms with van der Waals surface area (Å²) in [5.41, 5.74) is 8.46. The largest absolute Gasteiger partial charge is 0.395 e. The molecule has 220 valence electrons. The van der Waals surface area contributed by atoms with Gasteiger partial charge in [0, 0.05) is 56.9 Å². The molecule has 2 amide bonds. The smallest absolute Gasteiger partial charge is 0.273 e. The van der Waals surface area contributed by atoms with E-state index in [1.807, 2.05) is 36.9 Å². The minimum Gasteiger partial charge on any atom is -0.395 e. The zero-order valence-electron chi connectivity index (χ0n) is 23.9. The number of piperidine rings is 1. The van der Waals surface area contributed by atoms with Crippen molar-refractivity contribution in [3.8, 4) is 6.07 Å². The van der Waals surface area contributed by atoms with E-state index in [0.29, 0.717) is 43.6 Å². The number of nitriles is 1. The van der Waals surface area contributed by atoms with Crippen molar-refractivity contribution in [2.45, 2.75) is 58.0 Å². The standard InChI is InChI=1S/C29H39ClN8O3/c1-4-20-17-37(27-25(30)34-24(26(32)35-27)28(40)33-9-14-39)12-13-38(20)21-7-10-36(11-8-21)29(41)22-6-5-18(2)15-23(22)19(3)16-31/h5-6,15,19-21,39H,4,7-14,17H2,1-3H3,(H2,32,35)(H,33,40)/t19?,20-/m0/s1. The summed E-state index contributed by atoms with van der Waals surface area (Å²) in [6.45, 7) is 9.36. The normalized spacial score (nSPS) is 19.1. The Morgan fingerprint density at radius 1 is 1.24 bits per heavy atom. The van der Waals surface area contributed by atoms with Crippen molar-refractivity contribution in [3.63, 3.8) is 0 Å². The maximum atomic E-state index is 13.5. The fourth-order valence-corrected chi connectivity index (χ4v) is 6.07. The van der Waals surface area contributed by atoms with E-state index in [4.69, 9.17) is 22.4 Å². The van der Waals surface area contributed by atoms with E-state index in [0.717, 1.165) is 36.9 Å². The quantitative estimate of drug-likeness (QED) is 0.426. The van der Waals surface area contributed by atoms with Crippen molar-refractivity contribution in [2.24, 2.45) is 0 Å². The van der Waals surface area contributed by atoms with Gasteiger partial charge in [0.25, 0.3) is 11.8 Å². The number of carbonyl (C=O) groups excluding carboxylic acids is 2. The first-order chi connectivity index (χ1) is 19.7. The topological polar surface area (TPSA) is 152 Å². The lowest BCUT2D eigenvalue weighted by Gasteiger charge is -2.47. The molecule has 1 unspecified atom stereocenters. The van der Waals surface area contributed by atoms with E-state index in [1.54, 1.807) is 0 Å². The Kier molecular flexibility index (Phi) is 10.0. The van der Waals surface area contributed by atoms with Gasteiger partial charge in [0.2, 0.25) is 0 Å². The van der Waals surface area contributed by atoms with Crippen molar-refractivity contribution >= 4 is 35.1 Å². The van der Waals surface area contributed by atoms with Gasteiger partial charge in [0.1, 0.15) is 0 Å². The van der Waals surface area contributed by atoms with Crippen LogP contribution in [0.1, 0.15) is 71.0 Å². The van der Waals surface area contributed by atoms with Gasteiger partial charge in [0.15, 0.2) is 22.5 Å². The average Bonchev–Trinajstić information content (AvgIpc) is 2.99. The van der Waals surface area contributed by atoms with E-state index in [2.05, 4.69) is 38.1 Å². The second-order valence-corrected chi connectivity index (χ2v) is 11.1. The molecule has 4 rings (SSSR count). The van der Waals surface area contributed by atoms with Crippen LogP contribution in [0.15, 0.2) is 18.2 Å². The van der Waals surface area contributed by atoms with Crippen LogP contribution >= 0.6 is 11.6 Å². The summed E-state index contributed by atoms with van der Waals surface area (Å²) in [5, 5.41) is 21.1. The van der Waals surface area contributed by atoms with Gasteiger partial charge in [-0.05, 0) is 44.7 Å². The molecule has 1 aromatic carbocycles. The molecule has 12 heteroatoms. The molecule has 1 aromatic heterocycles. The van der Waals surface area contributed by atoms with E-state index in [-0.39, 0.29) is 47.7 Å². The van der Waals surface area contributed by atoms with Crippen LogP contribution in [0, 0.1) is 18.3 Å². The van der Waals surface area contributed by atoms with Crippen LogP contribution in [-0.2, 0) is 0 Å². The van der Waals surface area contributed by atoms with Crippen molar-refractivity contribution in [1.29, 1.82) is 5.26 Å². The number of likely N-dealkylation sites (tertiary alicyclic amines) is 1. The molecule has 4 N–H and O–H groups in total. The monoisotopic (exact) mass is 582 g/mol. The number of aliphatic hydroxyl groups is 1. The summed E-state index contributed by atoms with van der Waals surface area (Å²) in [4.78, 5) is 40.9. The number of benzene rings is 1. The third-order valence-electron chi connectivity index (χ3n) is 8.09. The number of amides is 2. The number of anilines is 2. The van der Waals surface area contributed by atoms with Crippen molar-refractivity contribution in [3.05, 3.63) is 45.7 Å². The molecule has 2 fully saturated rings. The molecule has 11 nitrogen and oxygen atoms in total. The molecule has 0 bridgehead atoms. The molecular weight excluding hydrogens is 544 g/mol. The Bertz CT molecular complexity index is 1310. The number of nitrogens with two attached hydrogens (primary N) is 1. The van der Waals surface area contributed by atoms with Gasteiger partial charge in [-0.1, -0.05) is 36.2 Å². The second kappa shape index (κ2) is 13.5. The number of nitrogens with one attached hydrogen (secondary N) is 1. The van der Waals surface area contributed by atoms with Crippen LogP contribution in [0.4, 0.5) is 11.6 Å². The lowest BCUT2D eigenvalue weighted by atomic mass is 9.93. The van der Waals surface area contributed by atoms with E-state index < -0.39 is 5.91 Å². The van der Waals surface area contributed by atoms with Crippen LogP contribution in [0.3, 0.4) is 0 Å². The molecule has 3 heterocycles. The van der Waals surface area contributed by atoms with Gasteiger partial charge >= 0.3 is 0 Å². The Balaban J connectivity index is 1.40. The zero-order valence-corrected chi connectivity index (χ0v) is 24.7. The highest BCUT2D eigenvalue weighted by Gasteiger charge is 2.35. The molecule has 0 spiro atoms. The number of aryl methyl sites for hydroxylation is 1. The third kappa shape index (κ3) is 6.72. The van der Waals surface area contributed by atoms with Crippen molar-refractivity contribution in [2.75, 3.05) is 56.5 Å². The van der Waals surface area contributed by atoms with E-state index >= 15 is 0 Å². The zero-order chi connectivity index (χ0) is 29.7. The first-order valence-corrected chi connectivity index (χ1v) is 14.6. The Morgan fingerprint density at radius 2 is 1.98 bits per heavy atom. The number of hydrogen-bond donors (Lipinski definition) is 3. The highest BCUT2D eigenvalue weighted by atomic mass is 35.5. The van der Waals surface area contributed by atoms with Gasteiger partial charge in [0.05, 0.1) is 18.6 Å². The van der Waals surface area contributed by atoms with Crippen molar-refractivity contribution < 1.29 is 14.7 Å². The Labute approximate surface area is 246 Å². The van der Waals surface area contributed by atoms with Crippen LogP contribution in [0.2, 0.25) is 5.15 Å². The summed E-state index contributed by atoms with van der Waals surface area (Å²) in [6, 6.07) is 8.62. The third-order valence-corrected chi connectivity index (χ3v) is 8.35. The van der Waals surface area contributed by atoms with Gasteiger partial charge in [-0.3, -0.25) is 14.5 Å². The second-order valence-electron chi connectivity index (χ2n) is 10.8. The lowest BCUT2D eigenvalue weighted by Crippen LogP contribution is -2.58. The van der Waals surface area contributed by atoms with E-state index in [9.17, 15) is 14.9 Å². The summed E-state index contributed by atoms with van der Waals surface area (Å²) in [5.74, 6) is -0.426. The predicted molar refractivity (Wildman–Crippen MR) is 158 cm³/mol. The lowest BCUT2D eigenvalue weighted by molar-refractivity contribution is 0.0490. The molecule has 2 aliphatic rings. The van der Waals surface area contributed by atoms with Crippen LogP contribution in [0.25, 0.3) is 0 Å². The minimum atomic E-state index is -0.531. The highest BCUT2D eigenvalue weighted by molar-refractivity contribution is 6.32. The summed E-state index contributed by atoms with van der Waals surface area (Å²) in [6.07, 6.45) is 2.68. The Hall–Kier alpha value is -3.46. The van der Waals surface area contributed by atoms with Crippen LogP contribution in [-0.4, -0.2) is 94.6 Å². The van der Waals surface area contributed by atoms with E-state index in [1.165, 1.54) is 0 Å². The van der Waals surface area contributed by atoms with Crippen LogP contribution < -0.4 is 16.0 Å². The molecule has 0 aliphatic carbocycles. The fraction of sp³-hybridized carbons (Fsp3) is 0.552. The maximum absolute atomic E-state index is 13.5. The summed E-state index contributed by atoms with van der Waals surface area (Å²) < 4.78 is 0. The molecule has 41 heavy (non-hydrogen) atoms. The number of rotatable bonds is 8. The highest BCUT2D eigenvalue weighted by Crippen LogP contribution is 2.30. The maximum Gasteiger partial charge on any atom is 0.273 e. The minimum absolute atomic E-state index is 0.00305. The number of nitrogen functional groups attached to an aromatic ring is 1. The number of carbonyl (C=O) groups is 2. The first kappa shape index (κ1) is 30.5. The van der Waals surface area contributed by atoms with Gasteiger partial charge in [-0.2, -0.15) is 5.26 Å². The number of piperazine rings is 1.